The van der Waals surface area contributed by atoms with E-state index in [0.29, 0.717) is 30.5 Å². The summed E-state index contributed by atoms with van der Waals surface area (Å²) in [6.45, 7) is 10.5. The van der Waals surface area contributed by atoms with Crippen LogP contribution >= 0.6 is 0 Å². The third-order valence-corrected chi connectivity index (χ3v) is 6.50. The highest BCUT2D eigenvalue weighted by Gasteiger charge is 2.46. The highest BCUT2D eigenvalue weighted by molar-refractivity contribution is 7.87. The zero-order valence-electron chi connectivity index (χ0n) is 13.9. The molecule has 0 bridgehead atoms. The molecule has 1 heterocycles. The predicted molar refractivity (Wildman–Crippen MR) is 86.3 cm³/mol. The Bertz CT molecular complexity index is 448. The van der Waals surface area contributed by atoms with Crippen molar-refractivity contribution in [2.45, 2.75) is 65.5 Å². The first-order valence-corrected chi connectivity index (χ1v) is 9.66. The zero-order chi connectivity index (χ0) is 15.7. The van der Waals surface area contributed by atoms with Gasteiger partial charge in [-0.3, -0.25) is 0 Å². The summed E-state index contributed by atoms with van der Waals surface area (Å²) in [5.74, 6) is 0.490. The number of hydrogen-bond acceptors (Lipinski definition) is 3. The van der Waals surface area contributed by atoms with Crippen LogP contribution in [-0.4, -0.2) is 44.4 Å². The molecule has 0 spiro atoms. The van der Waals surface area contributed by atoms with Crippen LogP contribution in [0.2, 0.25) is 0 Å². The smallest absolute Gasteiger partial charge is 0.279 e. The third kappa shape index (κ3) is 4.65. The van der Waals surface area contributed by atoms with Crippen LogP contribution in [0.1, 0.15) is 53.4 Å². The van der Waals surface area contributed by atoms with Gasteiger partial charge in [0.15, 0.2) is 0 Å². The van der Waals surface area contributed by atoms with E-state index in [1.165, 1.54) is 0 Å². The minimum absolute atomic E-state index is 0.0888. The number of hydrogen-bond donors (Lipinski definition) is 2. The summed E-state index contributed by atoms with van der Waals surface area (Å²) in [5, 5.41) is 3.37. The Labute approximate surface area is 130 Å². The second kappa shape index (κ2) is 6.52. The second-order valence-electron chi connectivity index (χ2n) is 7.57. The monoisotopic (exact) mass is 317 g/mol. The van der Waals surface area contributed by atoms with Gasteiger partial charge < -0.3 is 5.32 Å². The molecule has 1 saturated heterocycles. The molecule has 2 rings (SSSR count). The molecule has 2 aliphatic rings. The molecule has 0 aromatic carbocycles. The molecular weight excluding hydrogens is 286 g/mol. The Kier molecular flexibility index (Phi) is 5.34. The first kappa shape index (κ1) is 17.2. The first-order chi connectivity index (χ1) is 9.72. The van der Waals surface area contributed by atoms with E-state index in [4.69, 9.17) is 0 Å². The standard InChI is InChI=1S/C15H31N3O2S/c1-12(2)16-11-14-7-5-6-8-18(14)21(19,20)17-10-13-9-15(13,3)4/h12-14,16-17H,5-11H2,1-4H3. The summed E-state index contributed by atoms with van der Waals surface area (Å²) in [6, 6.07) is 0.475. The summed E-state index contributed by atoms with van der Waals surface area (Å²) in [4.78, 5) is 0. The summed E-state index contributed by atoms with van der Waals surface area (Å²) < 4.78 is 29.7. The van der Waals surface area contributed by atoms with Crippen molar-refractivity contribution in [2.75, 3.05) is 19.6 Å². The van der Waals surface area contributed by atoms with Gasteiger partial charge in [-0.25, -0.2) is 4.72 Å². The molecule has 0 amide bonds. The van der Waals surface area contributed by atoms with Crippen molar-refractivity contribution >= 4 is 10.2 Å². The molecule has 5 nitrogen and oxygen atoms in total. The topological polar surface area (TPSA) is 61.4 Å². The molecule has 6 heteroatoms. The first-order valence-electron chi connectivity index (χ1n) is 8.22. The fourth-order valence-electron chi connectivity index (χ4n) is 3.08. The van der Waals surface area contributed by atoms with Gasteiger partial charge >= 0.3 is 0 Å². The molecule has 2 N–H and O–H groups in total. The highest BCUT2D eigenvalue weighted by atomic mass is 32.2. The molecule has 0 aromatic heterocycles. The molecule has 1 aliphatic heterocycles. The lowest BCUT2D eigenvalue weighted by Crippen LogP contribution is -2.53. The molecule has 1 aliphatic carbocycles. The van der Waals surface area contributed by atoms with Crippen molar-refractivity contribution < 1.29 is 8.42 Å². The Morgan fingerprint density at radius 3 is 2.48 bits per heavy atom. The summed E-state index contributed by atoms with van der Waals surface area (Å²) in [7, 11) is -3.34. The molecule has 0 radical (unpaired) electrons. The molecule has 0 aromatic rings. The molecular formula is C15H31N3O2S. The quantitative estimate of drug-likeness (QED) is 0.751. The lowest BCUT2D eigenvalue weighted by atomic mass is 10.0. The number of rotatable bonds is 7. The van der Waals surface area contributed by atoms with Crippen molar-refractivity contribution in [3.05, 3.63) is 0 Å². The van der Waals surface area contributed by atoms with Gasteiger partial charge in [0.2, 0.25) is 0 Å². The van der Waals surface area contributed by atoms with Gasteiger partial charge in [-0.05, 0) is 30.6 Å². The van der Waals surface area contributed by atoms with E-state index in [9.17, 15) is 8.42 Å². The van der Waals surface area contributed by atoms with E-state index in [2.05, 4.69) is 37.7 Å². The van der Waals surface area contributed by atoms with Gasteiger partial charge in [-0.15, -0.1) is 0 Å². The Balaban J connectivity index is 1.91. The SMILES string of the molecule is CC(C)NCC1CCCCN1S(=O)(=O)NCC1CC1(C)C. The van der Waals surface area contributed by atoms with Crippen LogP contribution < -0.4 is 10.0 Å². The highest BCUT2D eigenvalue weighted by Crippen LogP contribution is 2.51. The van der Waals surface area contributed by atoms with E-state index in [-0.39, 0.29) is 6.04 Å². The van der Waals surface area contributed by atoms with E-state index in [1.807, 2.05) is 0 Å². The normalized spacial score (nSPS) is 29.8. The fraction of sp³-hybridized carbons (Fsp3) is 1.00. The maximum Gasteiger partial charge on any atom is 0.279 e. The van der Waals surface area contributed by atoms with E-state index in [0.717, 1.165) is 32.2 Å². The van der Waals surface area contributed by atoms with Crippen LogP contribution in [0, 0.1) is 11.3 Å². The molecule has 2 fully saturated rings. The fourth-order valence-corrected chi connectivity index (χ4v) is 4.60. The van der Waals surface area contributed by atoms with Crippen molar-refractivity contribution in [3.63, 3.8) is 0 Å². The van der Waals surface area contributed by atoms with E-state index >= 15 is 0 Å². The van der Waals surface area contributed by atoms with Gasteiger partial charge in [0.05, 0.1) is 0 Å². The average molecular weight is 317 g/mol. The van der Waals surface area contributed by atoms with Crippen molar-refractivity contribution in [1.29, 1.82) is 0 Å². The summed E-state index contributed by atoms with van der Waals surface area (Å²) in [5.41, 5.74) is 0.309. The molecule has 21 heavy (non-hydrogen) atoms. The number of nitrogens with zero attached hydrogens (tertiary/aromatic N) is 1. The average Bonchev–Trinajstić information content (AvgIpc) is 3.02. The summed E-state index contributed by atoms with van der Waals surface area (Å²) >= 11 is 0. The molecule has 2 atom stereocenters. The maximum absolute atomic E-state index is 12.6. The lowest BCUT2D eigenvalue weighted by Gasteiger charge is -2.35. The van der Waals surface area contributed by atoms with Gasteiger partial charge in [0.25, 0.3) is 10.2 Å². The Hall–Kier alpha value is -0.170. The van der Waals surface area contributed by atoms with Crippen molar-refractivity contribution in [3.8, 4) is 0 Å². The Morgan fingerprint density at radius 1 is 1.24 bits per heavy atom. The van der Waals surface area contributed by atoms with Crippen LogP contribution in [0.15, 0.2) is 0 Å². The summed E-state index contributed by atoms with van der Waals surface area (Å²) in [6.07, 6.45) is 4.16. The molecule has 1 saturated carbocycles. The largest absolute Gasteiger partial charge is 0.313 e. The van der Waals surface area contributed by atoms with Crippen LogP contribution in [0.25, 0.3) is 0 Å². The van der Waals surface area contributed by atoms with Crippen LogP contribution in [0.5, 0.6) is 0 Å². The second-order valence-corrected chi connectivity index (χ2v) is 9.27. The molecule has 2 unspecified atom stereocenters. The van der Waals surface area contributed by atoms with Gasteiger partial charge in [-0.1, -0.05) is 34.1 Å². The van der Waals surface area contributed by atoms with Crippen molar-refractivity contribution in [1.82, 2.24) is 14.3 Å². The maximum atomic E-state index is 12.6. The molecule has 124 valence electrons. The van der Waals surface area contributed by atoms with E-state index in [1.54, 1.807) is 4.31 Å². The van der Waals surface area contributed by atoms with Crippen LogP contribution in [-0.2, 0) is 10.2 Å². The van der Waals surface area contributed by atoms with E-state index < -0.39 is 10.2 Å². The predicted octanol–water partition coefficient (Wildman–Crippen LogP) is 1.72. The Morgan fingerprint density at radius 2 is 1.90 bits per heavy atom. The van der Waals surface area contributed by atoms with Crippen molar-refractivity contribution in [2.24, 2.45) is 11.3 Å². The van der Waals surface area contributed by atoms with Gasteiger partial charge in [0, 0.05) is 31.7 Å². The van der Waals surface area contributed by atoms with Gasteiger partial charge in [-0.2, -0.15) is 12.7 Å². The third-order valence-electron chi connectivity index (χ3n) is 4.87. The minimum Gasteiger partial charge on any atom is -0.313 e. The van der Waals surface area contributed by atoms with Gasteiger partial charge in [0.1, 0.15) is 0 Å². The van der Waals surface area contributed by atoms with Crippen LogP contribution in [0.4, 0.5) is 0 Å². The zero-order valence-corrected chi connectivity index (χ0v) is 14.7. The lowest BCUT2D eigenvalue weighted by molar-refractivity contribution is 0.239. The number of nitrogens with one attached hydrogen (secondary N) is 2. The van der Waals surface area contributed by atoms with Crippen LogP contribution in [0.3, 0.4) is 0 Å². The number of piperidine rings is 1. The minimum atomic E-state index is -3.34.